The Morgan fingerprint density at radius 2 is 1.89 bits per heavy atom. The van der Waals surface area contributed by atoms with Gasteiger partial charge < -0.3 is 4.74 Å². The molecular weight excluding hydrogens is 372 g/mol. The molecule has 1 aromatic carbocycles. The highest BCUT2D eigenvalue weighted by molar-refractivity contribution is 7.16. The van der Waals surface area contributed by atoms with Gasteiger partial charge >= 0.3 is 0 Å². The van der Waals surface area contributed by atoms with Crippen molar-refractivity contribution in [3.05, 3.63) is 57.0 Å². The van der Waals surface area contributed by atoms with Crippen molar-refractivity contribution in [2.75, 3.05) is 13.7 Å². The molecule has 0 radical (unpaired) electrons. The van der Waals surface area contributed by atoms with Gasteiger partial charge in [0.15, 0.2) is 0 Å². The van der Waals surface area contributed by atoms with Gasteiger partial charge in [0, 0.05) is 24.6 Å². The van der Waals surface area contributed by atoms with E-state index in [9.17, 15) is 4.79 Å². The summed E-state index contributed by atoms with van der Waals surface area (Å²) in [6.45, 7) is 10.8. The third-order valence-corrected chi connectivity index (χ3v) is 5.76. The molecule has 0 aliphatic rings. The van der Waals surface area contributed by atoms with Crippen LogP contribution in [0.3, 0.4) is 0 Å². The molecule has 0 saturated carbocycles. The molecule has 0 fully saturated rings. The quantitative estimate of drug-likeness (QED) is 0.603. The highest BCUT2D eigenvalue weighted by Gasteiger charge is 2.21. The van der Waals surface area contributed by atoms with Gasteiger partial charge in [0.1, 0.15) is 10.8 Å². The Hall–Kier alpha value is -2.25. The number of fused-ring (bicyclic) bond motifs is 1. The number of ether oxygens (including phenoxy) is 1. The van der Waals surface area contributed by atoms with Gasteiger partial charge in [-0.3, -0.25) is 9.69 Å². The van der Waals surface area contributed by atoms with E-state index in [1.807, 2.05) is 12.1 Å². The normalized spacial score (nSPS) is 12.1. The third kappa shape index (κ3) is 4.77. The molecule has 7 heteroatoms. The lowest BCUT2D eigenvalue weighted by Crippen LogP contribution is -2.26. The predicted octanol–water partition coefficient (Wildman–Crippen LogP) is 3.87. The Labute approximate surface area is 169 Å². The number of hydrogen-bond acceptors (Lipinski definition) is 6. The molecule has 2 heterocycles. The van der Waals surface area contributed by atoms with Crippen LogP contribution in [0, 0.1) is 0 Å². The Morgan fingerprint density at radius 1 is 1.18 bits per heavy atom. The molecule has 3 rings (SSSR count). The second kappa shape index (κ2) is 8.41. The molecule has 150 valence electrons. The molecule has 0 aliphatic carbocycles. The van der Waals surface area contributed by atoms with E-state index in [1.54, 1.807) is 13.2 Å². The minimum Gasteiger partial charge on any atom is -0.497 e. The molecule has 0 bridgehead atoms. The summed E-state index contributed by atoms with van der Waals surface area (Å²) in [6, 6.07) is 9.70. The van der Waals surface area contributed by atoms with Crippen LogP contribution in [0.5, 0.6) is 5.75 Å². The fourth-order valence-electron chi connectivity index (χ4n) is 2.99. The molecule has 28 heavy (non-hydrogen) atoms. The van der Waals surface area contributed by atoms with Crippen molar-refractivity contribution in [3.63, 3.8) is 0 Å². The summed E-state index contributed by atoms with van der Waals surface area (Å²) in [5.74, 6) is 0.853. The first-order valence-corrected chi connectivity index (χ1v) is 10.4. The van der Waals surface area contributed by atoms with E-state index in [-0.39, 0.29) is 11.0 Å². The molecule has 0 unspecified atom stereocenters. The van der Waals surface area contributed by atoms with Crippen LogP contribution in [0.2, 0.25) is 0 Å². The van der Waals surface area contributed by atoms with Crippen LogP contribution in [0.1, 0.15) is 50.4 Å². The Kier molecular flexibility index (Phi) is 6.15. The van der Waals surface area contributed by atoms with E-state index in [4.69, 9.17) is 9.72 Å². The molecule has 3 aromatic rings. The molecule has 6 nitrogen and oxygen atoms in total. The maximum absolute atomic E-state index is 12.5. The van der Waals surface area contributed by atoms with Crippen molar-refractivity contribution >= 4 is 16.3 Å². The predicted molar refractivity (Wildman–Crippen MR) is 113 cm³/mol. The van der Waals surface area contributed by atoms with Crippen molar-refractivity contribution in [2.45, 2.75) is 52.6 Å². The summed E-state index contributed by atoms with van der Waals surface area (Å²) in [6.07, 6.45) is 1.03. The van der Waals surface area contributed by atoms with Crippen molar-refractivity contribution in [3.8, 4) is 5.75 Å². The lowest BCUT2D eigenvalue weighted by molar-refractivity contribution is 0.254. The SMILES string of the molecule is CCCN(Cc1ccc(OC)cc1)Cc1cc(=O)n2nc(C(C)(C)C)sc2n1. The minimum absolute atomic E-state index is 0.104. The summed E-state index contributed by atoms with van der Waals surface area (Å²) in [5, 5.41) is 5.37. The summed E-state index contributed by atoms with van der Waals surface area (Å²) < 4.78 is 6.65. The van der Waals surface area contributed by atoms with Crippen molar-refractivity contribution in [1.82, 2.24) is 19.5 Å². The van der Waals surface area contributed by atoms with E-state index in [2.05, 4.69) is 49.8 Å². The van der Waals surface area contributed by atoms with E-state index < -0.39 is 0 Å². The average Bonchev–Trinajstić information content (AvgIpc) is 3.08. The summed E-state index contributed by atoms with van der Waals surface area (Å²) in [5.41, 5.74) is 1.77. The number of methoxy groups -OCH3 is 1. The summed E-state index contributed by atoms with van der Waals surface area (Å²) in [7, 11) is 1.67. The van der Waals surface area contributed by atoms with Crippen LogP contribution >= 0.6 is 11.3 Å². The van der Waals surface area contributed by atoms with Crippen molar-refractivity contribution in [1.29, 1.82) is 0 Å². The van der Waals surface area contributed by atoms with Gasteiger partial charge in [0.05, 0.1) is 12.8 Å². The molecule has 0 spiro atoms. The molecule has 0 atom stereocenters. The van der Waals surface area contributed by atoms with Crippen LogP contribution in [-0.2, 0) is 18.5 Å². The van der Waals surface area contributed by atoms with E-state index in [0.717, 1.165) is 36.0 Å². The molecular formula is C21H28N4O2S. The van der Waals surface area contributed by atoms with Crippen molar-refractivity contribution in [2.24, 2.45) is 0 Å². The number of hydrogen-bond donors (Lipinski definition) is 0. The van der Waals surface area contributed by atoms with Crippen LogP contribution in [0.4, 0.5) is 0 Å². The first-order chi connectivity index (χ1) is 13.3. The smallest absolute Gasteiger partial charge is 0.275 e. The molecule has 0 N–H and O–H groups in total. The zero-order valence-electron chi connectivity index (χ0n) is 17.2. The standard InChI is InChI=1S/C21H28N4O2S/c1-6-11-24(13-15-7-9-17(27-5)10-8-15)14-16-12-18(26)25-20(22-16)28-19(23-25)21(2,3)4/h7-10,12H,6,11,13-14H2,1-5H3. The maximum Gasteiger partial charge on any atom is 0.275 e. The van der Waals surface area contributed by atoms with Crippen molar-refractivity contribution < 1.29 is 4.74 Å². The Balaban J connectivity index is 1.83. The first kappa shape index (κ1) is 20.5. The number of aromatic nitrogens is 3. The van der Waals surface area contributed by atoms with Gasteiger partial charge in [-0.15, -0.1) is 0 Å². The highest BCUT2D eigenvalue weighted by Crippen LogP contribution is 2.26. The second-order valence-corrected chi connectivity index (χ2v) is 8.95. The van der Waals surface area contributed by atoms with Crippen LogP contribution in [-0.4, -0.2) is 33.2 Å². The van der Waals surface area contributed by atoms with Crippen LogP contribution in [0.15, 0.2) is 35.1 Å². The maximum atomic E-state index is 12.5. The largest absolute Gasteiger partial charge is 0.497 e. The Bertz CT molecular complexity index is 986. The molecule has 0 saturated heterocycles. The van der Waals surface area contributed by atoms with Gasteiger partial charge in [-0.1, -0.05) is 51.2 Å². The summed E-state index contributed by atoms with van der Waals surface area (Å²) in [4.78, 5) is 20.2. The average molecular weight is 401 g/mol. The first-order valence-electron chi connectivity index (χ1n) is 9.55. The van der Waals surface area contributed by atoms with Gasteiger partial charge in [0.25, 0.3) is 5.56 Å². The fourth-order valence-corrected chi connectivity index (χ4v) is 3.97. The fraction of sp³-hybridized carbons (Fsp3) is 0.476. The number of benzene rings is 1. The van der Waals surface area contributed by atoms with Crippen LogP contribution in [0.25, 0.3) is 4.96 Å². The van der Waals surface area contributed by atoms with Gasteiger partial charge in [0.2, 0.25) is 4.96 Å². The molecule has 0 aliphatic heterocycles. The van der Waals surface area contributed by atoms with Gasteiger partial charge in [-0.2, -0.15) is 9.61 Å². The third-order valence-electron chi connectivity index (χ3n) is 4.43. The van der Waals surface area contributed by atoms with E-state index in [0.29, 0.717) is 11.5 Å². The lowest BCUT2D eigenvalue weighted by atomic mass is 9.98. The van der Waals surface area contributed by atoms with E-state index >= 15 is 0 Å². The van der Waals surface area contributed by atoms with Gasteiger partial charge in [-0.05, 0) is 30.7 Å². The van der Waals surface area contributed by atoms with Gasteiger partial charge in [-0.25, -0.2) is 4.98 Å². The zero-order valence-corrected chi connectivity index (χ0v) is 18.0. The summed E-state index contributed by atoms with van der Waals surface area (Å²) >= 11 is 1.49. The second-order valence-electron chi connectivity index (χ2n) is 8.00. The molecule has 2 aromatic heterocycles. The van der Waals surface area contributed by atoms with E-state index in [1.165, 1.54) is 21.4 Å². The lowest BCUT2D eigenvalue weighted by Gasteiger charge is -2.21. The van der Waals surface area contributed by atoms with Crippen LogP contribution < -0.4 is 10.3 Å². The number of rotatable bonds is 7. The molecule has 0 amide bonds. The highest BCUT2D eigenvalue weighted by atomic mass is 32.1. The monoisotopic (exact) mass is 400 g/mol. The minimum atomic E-state index is -0.118. The Morgan fingerprint density at radius 3 is 2.50 bits per heavy atom. The topological polar surface area (TPSA) is 59.7 Å². The number of nitrogens with zero attached hydrogens (tertiary/aromatic N) is 4. The zero-order chi connectivity index (χ0) is 20.3.